The summed E-state index contributed by atoms with van der Waals surface area (Å²) in [7, 11) is 2.92. The van der Waals surface area contributed by atoms with Gasteiger partial charge in [0.25, 0.3) is 5.91 Å². The van der Waals surface area contributed by atoms with Gasteiger partial charge in [0.15, 0.2) is 16.7 Å². The normalized spacial score (nSPS) is 16.1. The summed E-state index contributed by atoms with van der Waals surface area (Å²) in [6.07, 6.45) is 1.70. The molecule has 1 N–H and O–H groups in total. The average Bonchev–Trinajstić information content (AvgIpc) is 3.03. The zero-order chi connectivity index (χ0) is 21.0. The van der Waals surface area contributed by atoms with Crippen LogP contribution in [-0.2, 0) is 9.59 Å². The maximum absolute atomic E-state index is 12.4. The number of nitrogens with one attached hydrogen (secondary N) is 1. The van der Waals surface area contributed by atoms with Crippen molar-refractivity contribution >= 4 is 40.6 Å². The number of carbonyl (C=O) groups excluding carboxylic acids is 2. The molecule has 0 atom stereocenters. The topological polar surface area (TPSA) is 86.2 Å². The molecule has 0 saturated carbocycles. The molecule has 0 aliphatic carbocycles. The molecule has 29 heavy (non-hydrogen) atoms. The van der Waals surface area contributed by atoms with Crippen LogP contribution in [0.4, 0.5) is 5.69 Å². The molecule has 3 rings (SSSR count). The molecule has 0 radical (unpaired) electrons. The molecular formula is C21H20N2O5S. The maximum Gasteiger partial charge on any atom is 0.308 e. The second-order valence-electron chi connectivity index (χ2n) is 6.12. The number of benzene rings is 2. The third kappa shape index (κ3) is 4.78. The number of esters is 1. The molecule has 150 valence electrons. The predicted molar refractivity (Wildman–Crippen MR) is 113 cm³/mol. The highest BCUT2D eigenvalue weighted by Gasteiger charge is 2.25. The third-order valence-corrected chi connectivity index (χ3v) is 4.92. The first kappa shape index (κ1) is 20.5. The summed E-state index contributed by atoms with van der Waals surface area (Å²) >= 11 is 1.24. The molecule has 0 unspecified atom stereocenters. The molecule has 1 aliphatic rings. The largest absolute Gasteiger partial charge is 0.493 e. The first-order valence-corrected chi connectivity index (χ1v) is 9.52. The van der Waals surface area contributed by atoms with Crippen molar-refractivity contribution in [2.75, 3.05) is 14.2 Å². The first-order chi connectivity index (χ1) is 13.9. The van der Waals surface area contributed by atoms with Crippen molar-refractivity contribution in [3.05, 3.63) is 52.4 Å². The van der Waals surface area contributed by atoms with Crippen LogP contribution in [0.1, 0.15) is 18.1 Å². The number of nitrogens with zero attached hydrogens (tertiary/aromatic N) is 1. The SMILES string of the molecule is COc1cc(/C=C2\SC(=Nc3ccccc3C)NC2=O)cc(OC)c1OC(C)=O. The van der Waals surface area contributed by atoms with Gasteiger partial charge in [-0.05, 0) is 54.1 Å². The highest BCUT2D eigenvalue weighted by atomic mass is 32.2. The standard InChI is InChI=1S/C21H20N2O5S/c1-12-7-5-6-8-15(12)22-21-23-20(25)18(29-21)11-14-9-16(26-3)19(28-13(2)24)17(10-14)27-4/h5-11H,1-4H3,(H,22,23,25)/b18-11-. The number of carbonyl (C=O) groups is 2. The first-order valence-electron chi connectivity index (χ1n) is 8.71. The maximum atomic E-state index is 12.4. The van der Waals surface area contributed by atoms with Crippen molar-refractivity contribution in [1.29, 1.82) is 0 Å². The minimum absolute atomic E-state index is 0.190. The van der Waals surface area contributed by atoms with Gasteiger partial charge in [0.2, 0.25) is 5.75 Å². The van der Waals surface area contributed by atoms with E-state index in [0.717, 1.165) is 11.3 Å². The van der Waals surface area contributed by atoms with Gasteiger partial charge in [-0.2, -0.15) is 0 Å². The molecule has 2 aromatic rings. The number of rotatable bonds is 5. The number of amides is 1. The smallest absolute Gasteiger partial charge is 0.308 e. The van der Waals surface area contributed by atoms with Gasteiger partial charge < -0.3 is 19.5 Å². The molecule has 1 fully saturated rings. The molecule has 2 aromatic carbocycles. The van der Waals surface area contributed by atoms with Crippen LogP contribution in [0, 0.1) is 6.92 Å². The minimum Gasteiger partial charge on any atom is -0.493 e. The van der Waals surface area contributed by atoms with E-state index in [1.807, 2.05) is 31.2 Å². The average molecular weight is 412 g/mol. The number of hydrogen-bond acceptors (Lipinski definition) is 7. The van der Waals surface area contributed by atoms with E-state index in [-0.39, 0.29) is 11.7 Å². The van der Waals surface area contributed by atoms with Gasteiger partial charge in [0, 0.05) is 6.92 Å². The summed E-state index contributed by atoms with van der Waals surface area (Å²) in [6.45, 7) is 3.25. The van der Waals surface area contributed by atoms with Crippen LogP contribution in [-0.4, -0.2) is 31.3 Å². The summed E-state index contributed by atoms with van der Waals surface area (Å²) in [6, 6.07) is 11.0. The molecule has 0 bridgehead atoms. The Bertz CT molecular complexity index is 1000. The summed E-state index contributed by atoms with van der Waals surface area (Å²) in [5.41, 5.74) is 2.47. The molecule has 8 heteroatoms. The lowest BCUT2D eigenvalue weighted by atomic mass is 10.1. The van der Waals surface area contributed by atoms with E-state index in [0.29, 0.717) is 27.1 Å². The van der Waals surface area contributed by atoms with E-state index in [2.05, 4.69) is 10.3 Å². The zero-order valence-corrected chi connectivity index (χ0v) is 17.3. The Balaban J connectivity index is 1.93. The van der Waals surface area contributed by atoms with Crippen LogP contribution in [0.15, 0.2) is 46.3 Å². The number of aryl methyl sites for hydroxylation is 1. The van der Waals surface area contributed by atoms with Gasteiger partial charge in [-0.25, -0.2) is 4.99 Å². The quantitative estimate of drug-likeness (QED) is 0.456. The predicted octanol–water partition coefficient (Wildman–Crippen LogP) is 3.83. The second-order valence-corrected chi connectivity index (χ2v) is 7.15. The van der Waals surface area contributed by atoms with Crippen molar-refractivity contribution < 1.29 is 23.8 Å². The fraction of sp³-hybridized carbons (Fsp3) is 0.190. The van der Waals surface area contributed by atoms with E-state index in [9.17, 15) is 9.59 Å². The van der Waals surface area contributed by atoms with Crippen LogP contribution in [0.25, 0.3) is 6.08 Å². The summed E-state index contributed by atoms with van der Waals surface area (Å²) in [4.78, 5) is 28.7. The van der Waals surface area contributed by atoms with Crippen LogP contribution in [0.5, 0.6) is 17.2 Å². The fourth-order valence-corrected chi connectivity index (χ4v) is 3.49. The van der Waals surface area contributed by atoms with Crippen molar-refractivity contribution in [3.63, 3.8) is 0 Å². The number of thioether (sulfide) groups is 1. The van der Waals surface area contributed by atoms with Crippen LogP contribution >= 0.6 is 11.8 Å². The van der Waals surface area contributed by atoms with Crippen molar-refractivity contribution in [2.45, 2.75) is 13.8 Å². The molecule has 1 saturated heterocycles. The highest BCUT2D eigenvalue weighted by Crippen LogP contribution is 2.40. The van der Waals surface area contributed by atoms with E-state index in [4.69, 9.17) is 14.2 Å². The Kier molecular flexibility index (Phi) is 6.23. The lowest BCUT2D eigenvalue weighted by molar-refractivity contribution is -0.132. The summed E-state index contributed by atoms with van der Waals surface area (Å²) in [5, 5.41) is 3.27. The highest BCUT2D eigenvalue weighted by molar-refractivity contribution is 8.18. The lowest BCUT2D eigenvalue weighted by Gasteiger charge is -2.13. The van der Waals surface area contributed by atoms with E-state index in [1.165, 1.54) is 32.9 Å². The van der Waals surface area contributed by atoms with E-state index < -0.39 is 5.97 Å². The van der Waals surface area contributed by atoms with Crippen molar-refractivity contribution in [2.24, 2.45) is 4.99 Å². The third-order valence-electron chi connectivity index (χ3n) is 4.01. The van der Waals surface area contributed by atoms with E-state index >= 15 is 0 Å². The Morgan fingerprint density at radius 3 is 2.38 bits per heavy atom. The molecule has 7 nitrogen and oxygen atoms in total. The summed E-state index contributed by atoms with van der Waals surface area (Å²) in [5.74, 6) is 0.0991. The Morgan fingerprint density at radius 2 is 1.79 bits per heavy atom. The Labute approximate surface area is 172 Å². The van der Waals surface area contributed by atoms with Gasteiger partial charge >= 0.3 is 5.97 Å². The number of ether oxygens (including phenoxy) is 3. The van der Waals surface area contributed by atoms with Gasteiger partial charge in [0.05, 0.1) is 24.8 Å². The van der Waals surface area contributed by atoms with Gasteiger partial charge in [-0.3, -0.25) is 9.59 Å². The van der Waals surface area contributed by atoms with Gasteiger partial charge in [0.1, 0.15) is 0 Å². The Hall–Kier alpha value is -3.26. The van der Waals surface area contributed by atoms with Gasteiger partial charge in [-0.15, -0.1) is 0 Å². The number of para-hydroxylation sites is 1. The molecule has 0 spiro atoms. The number of hydrogen-bond donors (Lipinski definition) is 1. The van der Waals surface area contributed by atoms with Crippen LogP contribution < -0.4 is 19.5 Å². The zero-order valence-electron chi connectivity index (χ0n) is 16.4. The Morgan fingerprint density at radius 1 is 1.14 bits per heavy atom. The molecule has 1 heterocycles. The molecule has 1 amide bonds. The number of amidine groups is 1. The lowest BCUT2D eigenvalue weighted by Crippen LogP contribution is -2.19. The van der Waals surface area contributed by atoms with Crippen molar-refractivity contribution in [3.8, 4) is 17.2 Å². The number of methoxy groups -OCH3 is 2. The minimum atomic E-state index is -0.490. The van der Waals surface area contributed by atoms with Crippen molar-refractivity contribution in [1.82, 2.24) is 5.32 Å². The monoisotopic (exact) mass is 412 g/mol. The molecule has 0 aromatic heterocycles. The fourth-order valence-electron chi connectivity index (χ4n) is 2.66. The second kappa shape index (κ2) is 8.83. The molecular weight excluding hydrogens is 392 g/mol. The molecule has 1 aliphatic heterocycles. The van der Waals surface area contributed by atoms with Gasteiger partial charge in [-0.1, -0.05) is 18.2 Å². The van der Waals surface area contributed by atoms with Crippen LogP contribution in [0.3, 0.4) is 0 Å². The summed E-state index contributed by atoms with van der Waals surface area (Å²) < 4.78 is 15.8. The number of aliphatic imine (C=N–C) groups is 1. The van der Waals surface area contributed by atoms with Crippen LogP contribution in [0.2, 0.25) is 0 Å². The van der Waals surface area contributed by atoms with E-state index in [1.54, 1.807) is 18.2 Å².